The molecule has 0 atom stereocenters. The van der Waals surface area contributed by atoms with Crippen LogP contribution < -0.4 is 0 Å². The number of nitriles is 1. The third-order valence-electron chi connectivity index (χ3n) is 3.27. The van der Waals surface area contributed by atoms with Crippen LogP contribution in [-0.2, 0) is 0 Å². The van der Waals surface area contributed by atoms with E-state index in [1.165, 1.54) is 30.9 Å². The van der Waals surface area contributed by atoms with Gasteiger partial charge in [0.1, 0.15) is 0 Å². The quantitative estimate of drug-likeness (QED) is 0.596. The van der Waals surface area contributed by atoms with E-state index < -0.39 is 0 Å². The zero-order chi connectivity index (χ0) is 11.1. The molecule has 0 unspecified atom stereocenters. The van der Waals surface area contributed by atoms with Gasteiger partial charge < -0.3 is 4.90 Å². The Kier molecular flexibility index (Phi) is 5.49. The lowest BCUT2D eigenvalue weighted by Crippen LogP contribution is -2.25. The highest BCUT2D eigenvalue weighted by molar-refractivity contribution is 7.99. The van der Waals surface area contributed by atoms with Crippen molar-refractivity contribution in [2.24, 2.45) is 5.41 Å². The van der Waals surface area contributed by atoms with Crippen molar-refractivity contribution in [1.29, 1.82) is 5.26 Å². The van der Waals surface area contributed by atoms with Crippen LogP contribution in [0.4, 0.5) is 0 Å². The van der Waals surface area contributed by atoms with Gasteiger partial charge in [-0.2, -0.15) is 17.0 Å². The maximum atomic E-state index is 8.70. The predicted molar refractivity (Wildman–Crippen MR) is 67.0 cm³/mol. The van der Waals surface area contributed by atoms with Crippen LogP contribution in [0, 0.1) is 16.7 Å². The van der Waals surface area contributed by atoms with Crippen molar-refractivity contribution in [2.45, 2.75) is 33.1 Å². The Balaban J connectivity index is 2.04. The number of hydrogen-bond acceptors (Lipinski definition) is 3. The molecule has 0 radical (unpaired) electrons. The lowest BCUT2D eigenvalue weighted by molar-refractivity contribution is 0.324. The SMILES string of the molecule is CCN(CC)CCSCC1(CC#N)CC1. The Morgan fingerprint density at radius 3 is 2.47 bits per heavy atom. The molecule has 0 spiro atoms. The number of hydrogen-bond donors (Lipinski definition) is 0. The Morgan fingerprint density at radius 1 is 1.33 bits per heavy atom. The van der Waals surface area contributed by atoms with E-state index in [1.807, 2.05) is 11.8 Å². The smallest absolute Gasteiger partial charge is 0.0627 e. The molecule has 0 aromatic rings. The van der Waals surface area contributed by atoms with E-state index in [0.29, 0.717) is 5.41 Å². The molecule has 1 saturated carbocycles. The van der Waals surface area contributed by atoms with Gasteiger partial charge >= 0.3 is 0 Å². The lowest BCUT2D eigenvalue weighted by atomic mass is 10.1. The molecule has 0 aromatic carbocycles. The summed E-state index contributed by atoms with van der Waals surface area (Å²) in [6.07, 6.45) is 3.32. The van der Waals surface area contributed by atoms with E-state index in [4.69, 9.17) is 5.26 Å². The molecule has 0 saturated heterocycles. The molecule has 0 amide bonds. The van der Waals surface area contributed by atoms with E-state index in [0.717, 1.165) is 19.5 Å². The highest BCUT2D eigenvalue weighted by Gasteiger charge is 2.41. The summed E-state index contributed by atoms with van der Waals surface area (Å²) in [6.45, 7) is 7.93. The Morgan fingerprint density at radius 2 is 2.00 bits per heavy atom. The first-order valence-electron chi connectivity index (χ1n) is 5.93. The molecule has 3 heteroatoms. The molecule has 15 heavy (non-hydrogen) atoms. The highest BCUT2D eigenvalue weighted by Crippen LogP contribution is 2.50. The molecule has 1 fully saturated rings. The Bertz CT molecular complexity index is 214. The van der Waals surface area contributed by atoms with E-state index in [-0.39, 0.29) is 0 Å². The third kappa shape index (κ3) is 4.44. The second-order valence-corrected chi connectivity index (χ2v) is 5.52. The van der Waals surface area contributed by atoms with Crippen molar-refractivity contribution in [3.8, 4) is 6.07 Å². The molecular formula is C12H22N2S. The van der Waals surface area contributed by atoms with Crippen molar-refractivity contribution < 1.29 is 0 Å². The number of rotatable bonds is 8. The zero-order valence-electron chi connectivity index (χ0n) is 9.96. The van der Waals surface area contributed by atoms with Gasteiger partial charge in [0.05, 0.1) is 6.07 Å². The van der Waals surface area contributed by atoms with Crippen LogP contribution in [0.5, 0.6) is 0 Å². The van der Waals surface area contributed by atoms with Gasteiger partial charge in [0.25, 0.3) is 0 Å². The summed E-state index contributed by atoms with van der Waals surface area (Å²) in [5, 5.41) is 8.70. The second kappa shape index (κ2) is 6.40. The van der Waals surface area contributed by atoms with Gasteiger partial charge in [-0.3, -0.25) is 0 Å². The Labute approximate surface area is 98.0 Å². The van der Waals surface area contributed by atoms with Gasteiger partial charge in [-0.05, 0) is 37.1 Å². The maximum absolute atomic E-state index is 8.70. The van der Waals surface area contributed by atoms with Crippen LogP contribution in [0.25, 0.3) is 0 Å². The van der Waals surface area contributed by atoms with Crippen molar-refractivity contribution in [3.63, 3.8) is 0 Å². The second-order valence-electron chi connectivity index (χ2n) is 4.41. The van der Waals surface area contributed by atoms with E-state index in [1.54, 1.807) is 0 Å². The van der Waals surface area contributed by atoms with Gasteiger partial charge in [0, 0.05) is 18.7 Å². The molecule has 0 N–H and O–H groups in total. The summed E-state index contributed by atoms with van der Waals surface area (Å²) in [6, 6.07) is 2.32. The molecule has 1 aliphatic rings. The maximum Gasteiger partial charge on any atom is 0.0627 e. The molecule has 1 rings (SSSR count). The standard InChI is InChI=1S/C12H22N2S/c1-3-14(4-2)9-10-15-11-12(5-6-12)7-8-13/h3-7,9-11H2,1-2H3. The van der Waals surface area contributed by atoms with Crippen LogP contribution in [0.2, 0.25) is 0 Å². The summed E-state index contributed by atoms with van der Waals surface area (Å²) >= 11 is 2.03. The molecule has 2 nitrogen and oxygen atoms in total. The van der Waals surface area contributed by atoms with Gasteiger partial charge in [-0.15, -0.1) is 0 Å². The van der Waals surface area contributed by atoms with Crippen molar-refractivity contribution in [1.82, 2.24) is 4.90 Å². The average molecular weight is 226 g/mol. The van der Waals surface area contributed by atoms with Crippen molar-refractivity contribution >= 4 is 11.8 Å². The first-order chi connectivity index (χ1) is 7.26. The summed E-state index contributed by atoms with van der Waals surface area (Å²) < 4.78 is 0. The fourth-order valence-corrected chi connectivity index (χ4v) is 3.09. The predicted octanol–water partition coefficient (Wildman–Crippen LogP) is 2.76. The monoisotopic (exact) mass is 226 g/mol. The topological polar surface area (TPSA) is 27.0 Å². The molecule has 0 bridgehead atoms. The first-order valence-corrected chi connectivity index (χ1v) is 7.09. The van der Waals surface area contributed by atoms with Gasteiger partial charge in [0.2, 0.25) is 0 Å². The minimum absolute atomic E-state index is 0.419. The third-order valence-corrected chi connectivity index (χ3v) is 4.55. The van der Waals surface area contributed by atoms with E-state index in [9.17, 15) is 0 Å². The van der Waals surface area contributed by atoms with Gasteiger partial charge in [-0.1, -0.05) is 13.8 Å². The molecule has 86 valence electrons. The summed E-state index contributed by atoms with van der Waals surface area (Å²) in [4.78, 5) is 2.46. The molecule has 0 aliphatic heterocycles. The Hall–Kier alpha value is -0.200. The minimum atomic E-state index is 0.419. The summed E-state index contributed by atoms with van der Waals surface area (Å²) in [5.41, 5.74) is 0.419. The normalized spacial score (nSPS) is 17.7. The fourth-order valence-electron chi connectivity index (χ4n) is 1.74. The largest absolute Gasteiger partial charge is 0.303 e. The average Bonchev–Trinajstić information content (AvgIpc) is 2.99. The first kappa shape index (κ1) is 12.9. The lowest BCUT2D eigenvalue weighted by Gasteiger charge is -2.18. The fraction of sp³-hybridized carbons (Fsp3) is 0.917. The van der Waals surface area contributed by atoms with Crippen molar-refractivity contribution in [3.05, 3.63) is 0 Å². The molecule has 0 heterocycles. The zero-order valence-corrected chi connectivity index (χ0v) is 10.8. The molecule has 1 aliphatic carbocycles. The summed E-state index contributed by atoms with van der Waals surface area (Å²) in [5.74, 6) is 2.41. The number of thioether (sulfide) groups is 1. The van der Waals surface area contributed by atoms with Gasteiger partial charge in [-0.25, -0.2) is 0 Å². The van der Waals surface area contributed by atoms with Gasteiger partial charge in [0.15, 0.2) is 0 Å². The van der Waals surface area contributed by atoms with Crippen LogP contribution >= 0.6 is 11.8 Å². The molecular weight excluding hydrogens is 204 g/mol. The van der Waals surface area contributed by atoms with Crippen LogP contribution in [0.1, 0.15) is 33.1 Å². The van der Waals surface area contributed by atoms with Crippen LogP contribution in [0.3, 0.4) is 0 Å². The molecule has 0 aromatic heterocycles. The van der Waals surface area contributed by atoms with Crippen LogP contribution in [0.15, 0.2) is 0 Å². The van der Waals surface area contributed by atoms with Crippen LogP contribution in [-0.4, -0.2) is 36.0 Å². The van der Waals surface area contributed by atoms with Crippen molar-refractivity contribution in [2.75, 3.05) is 31.1 Å². The highest BCUT2D eigenvalue weighted by atomic mass is 32.2. The minimum Gasteiger partial charge on any atom is -0.303 e. The number of nitrogens with zero attached hydrogens (tertiary/aromatic N) is 2. The van der Waals surface area contributed by atoms with E-state index >= 15 is 0 Å². The summed E-state index contributed by atoms with van der Waals surface area (Å²) in [7, 11) is 0. The van der Waals surface area contributed by atoms with E-state index in [2.05, 4.69) is 24.8 Å².